The van der Waals surface area contributed by atoms with Crippen LogP contribution in [0.3, 0.4) is 0 Å². The molecule has 0 saturated carbocycles. The van der Waals surface area contributed by atoms with Gasteiger partial charge in [-0.2, -0.15) is 10.4 Å². The van der Waals surface area contributed by atoms with E-state index >= 15 is 0 Å². The van der Waals surface area contributed by atoms with Gasteiger partial charge < -0.3 is 14.6 Å². The maximum absolute atomic E-state index is 12.4. The number of aryl methyl sites for hydroxylation is 2. The molecule has 126 valence electrons. The number of aromatic nitrogens is 3. The summed E-state index contributed by atoms with van der Waals surface area (Å²) in [6.07, 6.45) is 1.30. The first kappa shape index (κ1) is 16.3. The Bertz CT molecular complexity index is 797. The lowest BCUT2D eigenvalue weighted by atomic mass is 9.96. The summed E-state index contributed by atoms with van der Waals surface area (Å²) >= 11 is 6.06. The summed E-state index contributed by atoms with van der Waals surface area (Å²) in [6.45, 7) is 4.74. The molecule has 0 aromatic carbocycles. The van der Waals surface area contributed by atoms with Crippen molar-refractivity contribution in [1.29, 1.82) is 5.26 Å². The molecular weight excluding hydrogens is 332 g/mol. The molecule has 8 nitrogen and oxygen atoms in total. The molecule has 0 aliphatic carbocycles. The number of rotatable bonds is 3. The maximum Gasteiger partial charge on any atom is 0.234 e. The molecule has 0 radical (unpaired) electrons. The molecule has 24 heavy (non-hydrogen) atoms. The Hall–Kier alpha value is -2.53. The Morgan fingerprint density at radius 1 is 1.46 bits per heavy atom. The molecule has 0 atom stereocenters. The molecule has 3 rings (SSSR count). The molecule has 1 aliphatic heterocycles. The van der Waals surface area contributed by atoms with Gasteiger partial charge >= 0.3 is 0 Å². The highest BCUT2D eigenvalue weighted by Crippen LogP contribution is 2.28. The number of hydrogen-bond acceptors (Lipinski definition) is 6. The molecular formula is C15H17ClN6O2. The van der Waals surface area contributed by atoms with Gasteiger partial charge in [0, 0.05) is 25.9 Å². The lowest BCUT2D eigenvalue weighted by Crippen LogP contribution is -2.38. The Labute approximate surface area is 143 Å². The van der Waals surface area contributed by atoms with Crippen molar-refractivity contribution in [3.05, 3.63) is 22.3 Å². The van der Waals surface area contributed by atoms with E-state index in [0.29, 0.717) is 54.2 Å². The predicted molar refractivity (Wildman–Crippen MR) is 87.9 cm³/mol. The van der Waals surface area contributed by atoms with E-state index in [4.69, 9.17) is 21.3 Å². The average molecular weight is 349 g/mol. The molecule has 1 fully saturated rings. The van der Waals surface area contributed by atoms with Gasteiger partial charge in [0.2, 0.25) is 17.5 Å². The molecule has 1 amide bonds. The lowest BCUT2D eigenvalue weighted by molar-refractivity contribution is -0.120. The van der Waals surface area contributed by atoms with Crippen LogP contribution >= 0.6 is 11.6 Å². The zero-order valence-corrected chi connectivity index (χ0v) is 14.1. The van der Waals surface area contributed by atoms with Crippen LogP contribution in [0.1, 0.15) is 30.1 Å². The van der Waals surface area contributed by atoms with Gasteiger partial charge in [-0.25, -0.2) is 4.98 Å². The minimum atomic E-state index is -0.135. The van der Waals surface area contributed by atoms with Crippen molar-refractivity contribution in [2.24, 2.45) is 5.92 Å². The van der Waals surface area contributed by atoms with Gasteiger partial charge in [-0.1, -0.05) is 11.6 Å². The van der Waals surface area contributed by atoms with E-state index in [1.54, 1.807) is 13.8 Å². The molecule has 2 N–H and O–H groups in total. The van der Waals surface area contributed by atoms with Gasteiger partial charge in [0.1, 0.15) is 11.1 Å². The Kier molecular flexibility index (Phi) is 4.44. The quantitative estimate of drug-likeness (QED) is 0.881. The number of nitrogens with zero attached hydrogens (tertiary/aromatic N) is 4. The summed E-state index contributed by atoms with van der Waals surface area (Å²) in [7, 11) is 0. The Morgan fingerprint density at radius 3 is 2.75 bits per heavy atom. The first-order chi connectivity index (χ1) is 11.5. The SMILES string of the molecule is Cc1nc(C#N)c(N2CCC(C(=O)Nc3n[nH]c(C)c3Cl)CC2)o1. The van der Waals surface area contributed by atoms with E-state index in [0.717, 1.165) is 0 Å². The van der Waals surface area contributed by atoms with E-state index < -0.39 is 0 Å². The van der Waals surface area contributed by atoms with Gasteiger partial charge in [0.25, 0.3) is 0 Å². The van der Waals surface area contributed by atoms with E-state index in [9.17, 15) is 4.79 Å². The number of aromatic amines is 1. The van der Waals surface area contributed by atoms with Crippen molar-refractivity contribution in [3.8, 4) is 6.07 Å². The highest BCUT2D eigenvalue weighted by molar-refractivity contribution is 6.34. The van der Waals surface area contributed by atoms with Crippen molar-refractivity contribution < 1.29 is 9.21 Å². The first-order valence-corrected chi connectivity index (χ1v) is 8.01. The highest BCUT2D eigenvalue weighted by Gasteiger charge is 2.29. The zero-order chi connectivity index (χ0) is 17.3. The summed E-state index contributed by atoms with van der Waals surface area (Å²) < 4.78 is 5.52. The minimum absolute atomic E-state index is 0.0997. The number of carbonyl (C=O) groups excluding carboxylic acids is 1. The number of anilines is 2. The minimum Gasteiger partial charge on any atom is -0.424 e. The lowest BCUT2D eigenvalue weighted by Gasteiger charge is -2.30. The molecule has 2 aromatic rings. The largest absolute Gasteiger partial charge is 0.424 e. The fraction of sp³-hybridized carbons (Fsp3) is 0.467. The molecule has 0 bridgehead atoms. The second-order valence-corrected chi connectivity index (χ2v) is 6.14. The zero-order valence-electron chi connectivity index (χ0n) is 13.4. The van der Waals surface area contributed by atoms with Crippen LogP contribution in [0.5, 0.6) is 0 Å². The van der Waals surface area contributed by atoms with Crippen molar-refractivity contribution in [3.63, 3.8) is 0 Å². The van der Waals surface area contributed by atoms with Crippen molar-refractivity contribution in [1.82, 2.24) is 15.2 Å². The maximum atomic E-state index is 12.4. The number of carbonyl (C=O) groups is 1. The second-order valence-electron chi connectivity index (χ2n) is 5.76. The van der Waals surface area contributed by atoms with Crippen LogP contribution in [0, 0.1) is 31.1 Å². The molecule has 2 aromatic heterocycles. The number of piperidine rings is 1. The van der Waals surface area contributed by atoms with Crippen LogP contribution in [0.4, 0.5) is 11.7 Å². The third kappa shape index (κ3) is 3.08. The summed E-state index contributed by atoms with van der Waals surface area (Å²) in [6, 6.07) is 2.04. The molecule has 9 heteroatoms. The van der Waals surface area contributed by atoms with Crippen LogP contribution in [-0.2, 0) is 4.79 Å². The number of H-pyrrole nitrogens is 1. The highest BCUT2D eigenvalue weighted by atomic mass is 35.5. The fourth-order valence-electron chi connectivity index (χ4n) is 2.77. The molecule has 3 heterocycles. The third-order valence-electron chi connectivity index (χ3n) is 4.09. The summed E-state index contributed by atoms with van der Waals surface area (Å²) in [5.41, 5.74) is 1.00. The van der Waals surface area contributed by atoms with Crippen LogP contribution < -0.4 is 10.2 Å². The van der Waals surface area contributed by atoms with Crippen molar-refractivity contribution in [2.45, 2.75) is 26.7 Å². The van der Waals surface area contributed by atoms with Gasteiger partial charge in [-0.3, -0.25) is 9.89 Å². The number of nitriles is 1. The topological polar surface area (TPSA) is 111 Å². The van der Waals surface area contributed by atoms with E-state index in [1.807, 2.05) is 11.0 Å². The summed E-state index contributed by atoms with van der Waals surface area (Å²) in [5, 5.41) is 19.0. The number of oxazole rings is 1. The monoisotopic (exact) mass is 348 g/mol. The normalized spacial score (nSPS) is 15.3. The Balaban J connectivity index is 1.61. The summed E-state index contributed by atoms with van der Waals surface area (Å²) in [5.74, 6) is 1.07. The standard InChI is InChI=1S/C15H17ClN6O2/c1-8-12(16)13(21-20-8)19-14(23)10-3-5-22(6-4-10)15-11(7-17)18-9(2)24-15/h10H,3-6H2,1-2H3,(H2,19,20,21,23). The number of nitrogens with one attached hydrogen (secondary N) is 2. The van der Waals surface area contributed by atoms with Gasteiger partial charge in [0.15, 0.2) is 11.7 Å². The molecule has 0 spiro atoms. The molecule has 1 saturated heterocycles. The van der Waals surface area contributed by atoms with Gasteiger partial charge in [-0.05, 0) is 19.8 Å². The van der Waals surface area contributed by atoms with Gasteiger partial charge in [-0.15, -0.1) is 0 Å². The Morgan fingerprint density at radius 2 is 2.17 bits per heavy atom. The van der Waals surface area contributed by atoms with E-state index in [2.05, 4.69) is 20.5 Å². The molecule has 1 aliphatic rings. The average Bonchev–Trinajstić information content (AvgIpc) is 3.12. The van der Waals surface area contributed by atoms with Crippen LogP contribution in [0.15, 0.2) is 4.42 Å². The smallest absolute Gasteiger partial charge is 0.234 e. The van der Waals surface area contributed by atoms with Crippen LogP contribution in [0.2, 0.25) is 5.02 Å². The van der Waals surface area contributed by atoms with Crippen LogP contribution in [-0.4, -0.2) is 34.2 Å². The third-order valence-corrected chi connectivity index (χ3v) is 4.55. The van der Waals surface area contributed by atoms with Gasteiger partial charge in [0.05, 0.1) is 5.69 Å². The van der Waals surface area contributed by atoms with Crippen molar-refractivity contribution in [2.75, 3.05) is 23.3 Å². The van der Waals surface area contributed by atoms with E-state index in [-0.39, 0.29) is 17.5 Å². The predicted octanol–water partition coefficient (Wildman–Crippen LogP) is 2.39. The van der Waals surface area contributed by atoms with Crippen LogP contribution in [0.25, 0.3) is 0 Å². The first-order valence-electron chi connectivity index (χ1n) is 7.63. The fourth-order valence-corrected chi connectivity index (χ4v) is 2.90. The molecule has 0 unspecified atom stereocenters. The van der Waals surface area contributed by atoms with E-state index in [1.165, 1.54) is 0 Å². The summed E-state index contributed by atoms with van der Waals surface area (Å²) in [4.78, 5) is 18.4. The number of halogens is 1. The number of amides is 1. The van der Waals surface area contributed by atoms with Crippen molar-refractivity contribution >= 4 is 29.2 Å². The second kappa shape index (κ2) is 6.53. The number of hydrogen-bond donors (Lipinski definition) is 2.